The summed E-state index contributed by atoms with van der Waals surface area (Å²) in [5, 5.41) is 9.92. The van der Waals surface area contributed by atoms with Gasteiger partial charge < -0.3 is 9.84 Å². The summed E-state index contributed by atoms with van der Waals surface area (Å²) in [5.41, 5.74) is 5.47. The average Bonchev–Trinajstić information content (AvgIpc) is 3.38. The van der Waals surface area contributed by atoms with Gasteiger partial charge in [-0.1, -0.05) is 37.1 Å². The van der Waals surface area contributed by atoms with Crippen molar-refractivity contribution in [3.8, 4) is 5.75 Å². The Hall–Kier alpha value is -3.25. The zero-order chi connectivity index (χ0) is 24.5. The van der Waals surface area contributed by atoms with Gasteiger partial charge in [-0.25, -0.2) is 0 Å². The van der Waals surface area contributed by atoms with Crippen molar-refractivity contribution < 1.29 is 19.4 Å². The maximum Gasteiger partial charge on any atom is 0.233 e. The minimum atomic E-state index is -0.286. The molecule has 0 saturated carbocycles. The quantitative estimate of drug-likeness (QED) is 0.460. The number of fused-ring (bicyclic) bond motifs is 3. The first-order chi connectivity index (χ1) is 17.0. The summed E-state index contributed by atoms with van der Waals surface area (Å²) in [7, 11) is 1.61. The lowest BCUT2D eigenvalue weighted by Gasteiger charge is -2.32. The van der Waals surface area contributed by atoms with E-state index < -0.39 is 0 Å². The molecule has 2 amide bonds. The fourth-order valence-electron chi connectivity index (χ4n) is 6.10. The van der Waals surface area contributed by atoms with Gasteiger partial charge in [0.05, 0.1) is 30.2 Å². The van der Waals surface area contributed by atoms with Crippen LogP contribution in [0, 0.1) is 17.8 Å². The Morgan fingerprint density at radius 1 is 1.17 bits per heavy atom. The molecule has 1 aliphatic carbocycles. The van der Waals surface area contributed by atoms with Gasteiger partial charge in [-0.2, -0.15) is 0 Å². The van der Waals surface area contributed by atoms with Crippen LogP contribution >= 0.6 is 0 Å². The van der Waals surface area contributed by atoms with Gasteiger partial charge in [-0.15, -0.1) is 0 Å². The number of aromatic hydroxyl groups is 1. The number of ether oxygens (including phenoxy) is 1. The molecule has 1 aromatic carbocycles. The van der Waals surface area contributed by atoms with Gasteiger partial charge in [-0.3, -0.25) is 19.5 Å². The molecule has 3 aliphatic rings. The van der Waals surface area contributed by atoms with Gasteiger partial charge in [-0.05, 0) is 72.7 Å². The van der Waals surface area contributed by atoms with E-state index in [1.54, 1.807) is 25.4 Å². The van der Waals surface area contributed by atoms with Crippen LogP contribution in [0.3, 0.4) is 0 Å². The maximum atomic E-state index is 12.9. The van der Waals surface area contributed by atoms with E-state index in [4.69, 9.17) is 4.74 Å². The van der Waals surface area contributed by atoms with E-state index in [1.165, 1.54) is 16.0 Å². The van der Waals surface area contributed by atoms with Crippen LogP contribution in [-0.2, 0) is 14.3 Å². The number of aromatic nitrogens is 1. The lowest BCUT2D eigenvalue weighted by atomic mass is 9.68. The number of carbonyl (C=O) groups is 2. The van der Waals surface area contributed by atoms with Crippen LogP contribution in [0.5, 0.6) is 5.75 Å². The molecule has 5 rings (SSSR count). The summed E-state index contributed by atoms with van der Waals surface area (Å²) in [6.07, 6.45) is 7.93. The largest absolute Gasteiger partial charge is 0.508 e. The summed E-state index contributed by atoms with van der Waals surface area (Å²) in [6, 6.07) is 13.1. The van der Waals surface area contributed by atoms with Gasteiger partial charge in [0, 0.05) is 19.2 Å². The van der Waals surface area contributed by atoms with E-state index in [1.807, 2.05) is 30.3 Å². The molecule has 2 fully saturated rings. The molecule has 1 N–H and O–H groups in total. The standard InChI is InChI=1S/C29H32N2O4/c1-3-7-20-16-22-27(29(34)31(2)28(22)33)23-17-35-25(26(20)23)12-11-19(24-10-4-5-13-30-24)14-18-8-6-9-21(32)15-18/h4-6,8-10,13-15,22-23,25,27,32H,3,7,11-12,16-17H2,1-2H3/b19-14-/t22-,23+,25-,27-/m1/s1. The number of benzene rings is 1. The van der Waals surface area contributed by atoms with Gasteiger partial charge in [0.1, 0.15) is 5.75 Å². The Kier molecular flexibility index (Phi) is 6.56. The number of nitrogens with zero attached hydrogens (tertiary/aromatic N) is 2. The number of phenolic OH excluding ortho intramolecular Hbond substituents is 1. The number of imide groups is 1. The second-order valence-electron chi connectivity index (χ2n) is 9.83. The normalized spacial score (nSPS) is 26.3. The molecule has 0 unspecified atom stereocenters. The molecule has 1 aromatic heterocycles. The molecule has 0 spiro atoms. The number of phenols is 1. The predicted octanol–water partition coefficient (Wildman–Crippen LogP) is 4.85. The van der Waals surface area contributed by atoms with Crippen molar-refractivity contribution in [2.45, 2.75) is 45.1 Å². The second-order valence-corrected chi connectivity index (χ2v) is 9.83. The Balaban J connectivity index is 1.43. The zero-order valence-corrected chi connectivity index (χ0v) is 20.3. The highest BCUT2D eigenvalue weighted by Crippen LogP contribution is 2.50. The minimum Gasteiger partial charge on any atom is -0.508 e. The van der Waals surface area contributed by atoms with Crippen LogP contribution in [0.15, 0.2) is 59.8 Å². The van der Waals surface area contributed by atoms with Crippen LogP contribution < -0.4 is 0 Å². The predicted molar refractivity (Wildman–Crippen MR) is 134 cm³/mol. The topological polar surface area (TPSA) is 79.7 Å². The fraction of sp³-hybridized carbons (Fsp3) is 0.414. The molecule has 6 nitrogen and oxygen atoms in total. The molecular weight excluding hydrogens is 440 g/mol. The number of allylic oxidation sites excluding steroid dienone is 2. The average molecular weight is 473 g/mol. The monoisotopic (exact) mass is 472 g/mol. The van der Waals surface area contributed by atoms with Crippen LogP contribution in [0.25, 0.3) is 11.6 Å². The summed E-state index contributed by atoms with van der Waals surface area (Å²) < 4.78 is 6.33. The number of carbonyl (C=O) groups excluding carboxylic acids is 2. The van der Waals surface area contributed by atoms with Crippen LogP contribution in [-0.4, -0.2) is 46.6 Å². The van der Waals surface area contributed by atoms with Gasteiger partial charge in [0.15, 0.2) is 0 Å². The number of hydrogen-bond acceptors (Lipinski definition) is 5. The number of pyridine rings is 1. The SMILES string of the molecule is CCCC1=C2[C@@H](CC/C(=C/c3cccc(O)c3)c3ccccn3)OC[C@@H]2[C@@H]2C(=O)N(C)C(=O)[C@@H]2C1. The molecule has 2 aliphatic heterocycles. The third kappa shape index (κ3) is 4.43. The highest BCUT2D eigenvalue weighted by Gasteiger charge is 2.55. The van der Waals surface area contributed by atoms with Crippen molar-refractivity contribution in [2.24, 2.45) is 17.8 Å². The lowest BCUT2D eigenvalue weighted by Crippen LogP contribution is -2.34. The van der Waals surface area contributed by atoms with Gasteiger partial charge in [0.2, 0.25) is 11.8 Å². The Morgan fingerprint density at radius 2 is 2.03 bits per heavy atom. The van der Waals surface area contributed by atoms with Crippen LogP contribution in [0.4, 0.5) is 0 Å². The van der Waals surface area contributed by atoms with E-state index in [0.29, 0.717) is 13.0 Å². The third-order valence-corrected chi connectivity index (χ3v) is 7.66. The Bertz CT molecular complexity index is 1190. The number of likely N-dealkylation sites (tertiary alicyclic amines) is 1. The summed E-state index contributed by atoms with van der Waals surface area (Å²) in [4.78, 5) is 31.6. The highest BCUT2D eigenvalue weighted by molar-refractivity contribution is 6.05. The third-order valence-electron chi connectivity index (χ3n) is 7.66. The van der Waals surface area contributed by atoms with E-state index in [9.17, 15) is 14.7 Å². The molecule has 3 heterocycles. The van der Waals surface area contributed by atoms with Gasteiger partial charge >= 0.3 is 0 Å². The van der Waals surface area contributed by atoms with Crippen molar-refractivity contribution in [1.82, 2.24) is 9.88 Å². The molecular formula is C29H32N2O4. The second kappa shape index (κ2) is 9.78. The van der Waals surface area contributed by atoms with Crippen molar-refractivity contribution in [2.75, 3.05) is 13.7 Å². The molecule has 35 heavy (non-hydrogen) atoms. The lowest BCUT2D eigenvalue weighted by molar-refractivity contribution is -0.138. The molecule has 182 valence electrons. The van der Waals surface area contributed by atoms with Crippen LogP contribution in [0.2, 0.25) is 0 Å². The van der Waals surface area contributed by atoms with Crippen molar-refractivity contribution in [3.05, 3.63) is 71.1 Å². The number of hydrogen-bond donors (Lipinski definition) is 1. The van der Waals surface area contributed by atoms with Crippen molar-refractivity contribution >= 4 is 23.5 Å². The summed E-state index contributed by atoms with van der Waals surface area (Å²) in [5.74, 6) is -0.392. The first kappa shape index (κ1) is 23.5. The number of amides is 2. The summed E-state index contributed by atoms with van der Waals surface area (Å²) in [6.45, 7) is 2.65. The molecule has 6 heteroatoms. The minimum absolute atomic E-state index is 0.00458. The summed E-state index contributed by atoms with van der Waals surface area (Å²) >= 11 is 0. The highest BCUT2D eigenvalue weighted by atomic mass is 16.5. The van der Waals surface area contributed by atoms with E-state index in [2.05, 4.69) is 18.0 Å². The first-order valence-electron chi connectivity index (χ1n) is 12.5. The van der Waals surface area contributed by atoms with E-state index in [0.717, 1.165) is 42.5 Å². The van der Waals surface area contributed by atoms with E-state index >= 15 is 0 Å². The van der Waals surface area contributed by atoms with E-state index in [-0.39, 0.29) is 41.4 Å². The van der Waals surface area contributed by atoms with Crippen molar-refractivity contribution in [3.63, 3.8) is 0 Å². The Labute approximate surface area is 206 Å². The van der Waals surface area contributed by atoms with Crippen molar-refractivity contribution in [1.29, 1.82) is 0 Å². The van der Waals surface area contributed by atoms with Crippen LogP contribution in [0.1, 0.15) is 50.3 Å². The Morgan fingerprint density at radius 3 is 2.77 bits per heavy atom. The fourth-order valence-corrected chi connectivity index (χ4v) is 6.10. The smallest absolute Gasteiger partial charge is 0.233 e. The maximum absolute atomic E-state index is 12.9. The molecule has 2 saturated heterocycles. The molecule has 4 atom stereocenters. The molecule has 0 radical (unpaired) electrons. The number of rotatable bonds is 7. The molecule has 0 bridgehead atoms. The molecule has 2 aromatic rings. The van der Waals surface area contributed by atoms with Gasteiger partial charge in [0.25, 0.3) is 0 Å². The zero-order valence-electron chi connectivity index (χ0n) is 20.3. The first-order valence-corrected chi connectivity index (χ1v) is 12.5.